The van der Waals surface area contributed by atoms with Crippen molar-refractivity contribution in [1.82, 2.24) is 5.32 Å². The predicted octanol–water partition coefficient (Wildman–Crippen LogP) is 1.90. The van der Waals surface area contributed by atoms with E-state index in [2.05, 4.69) is 37.2 Å². The second kappa shape index (κ2) is 4.44. The summed E-state index contributed by atoms with van der Waals surface area (Å²) >= 11 is 6.86. The first-order valence-electron chi connectivity index (χ1n) is 3.72. The van der Waals surface area contributed by atoms with E-state index in [0.29, 0.717) is 6.42 Å². The smallest absolute Gasteiger partial charge is 0.114 e. The fourth-order valence-electron chi connectivity index (χ4n) is 0.949. The van der Waals surface area contributed by atoms with Gasteiger partial charge in [0.15, 0.2) is 0 Å². The lowest BCUT2D eigenvalue weighted by atomic mass is 10.1. The molecule has 0 aromatic rings. The zero-order valence-corrected chi connectivity index (χ0v) is 9.73. The van der Waals surface area contributed by atoms with Crippen LogP contribution >= 0.6 is 31.9 Å². The Bertz CT molecular complexity index is 215. The van der Waals surface area contributed by atoms with Crippen molar-refractivity contribution >= 4 is 31.9 Å². The molecule has 0 spiro atoms. The van der Waals surface area contributed by atoms with E-state index < -0.39 is 0 Å². The topological polar surface area (TPSA) is 32.3 Å². The van der Waals surface area contributed by atoms with Gasteiger partial charge in [0.1, 0.15) is 4.45 Å². The first-order chi connectivity index (χ1) is 5.70. The zero-order chi connectivity index (χ0) is 9.03. The van der Waals surface area contributed by atoms with Crippen LogP contribution < -0.4 is 5.32 Å². The number of hydrogen-bond donors (Lipinski definition) is 2. The summed E-state index contributed by atoms with van der Waals surface area (Å²) in [7, 11) is 0. The molecule has 12 heavy (non-hydrogen) atoms. The standard InChI is InChI=1S/C8H11Br2NO/c9-5-7-1-2-8(10,3-4-12)11-6-7/h1-2,6,11-12H,3-5H2. The molecule has 2 nitrogen and oxygen atoms in total. The normalized spacial score (nSPS) is 28.1. The number of dihydropyridines is 1. The maximum absolute atomic E-state index is 8.77. The van der Waals surface area contributed by atoms with Crippen molar-refractivity contribution in [3.8, 4) is 0 Å². The highest BCUT2D eigenvalue weighted by Crippen LogP contribution is 2.24. The minimum atomic E-state index is -0.257. The molecule has 0 saturated heterocycles. The maximum Gasteiger partial charge on any atom is 0.114 e. The van der Waals surface area contributed by atoms with Crippen LogP contribution in [0.1, 0.15) is 6.42 Å². The van der Waals surface area contributed by atoms with Gasteiger partial charge in [0.2, 0.25) is 0 Å². The van der Waals surface area contributed by atoms with Gasteiger partial charge in [0.05, 0.1) is 0 Å². The average Bonchev–Trinajstić information content (AvgIpc) is 2.06. The molecule has 0 saturated carbocycles. The second-order valence-corrected chi connectivity index (χ2v) is 4.64. The van der Waals surface area contributed by atoms with Crippen LogP contribution in [0.25, 0.3) is 0 Å². The number of allylic oxidation sites excluding steroid dienone is 2. The number of aliphatic hydroxyl groups is 1. The van der Waals surface area contributed by atoms with Gasteiger partial charge in [-0.2, -0.15) is 0 Å². The molecular formula is C8H11Br2NO. The first kappa shape index (κ1) is 10.3. The molecule has 1 aliphatic heterocycles. The van der Waals surface area contributed by atoms with Crippen LogP contribution in [-0.4, -0.2) is 21.5 Å². The van der Waals surface area contributed by atoms with Gasteiger partial charge in [0, 0.05) is 24.6 Å². The van der Waals surface area contributed by atoms with Crippen LogP contribution in [0, 0.1) is 0 Å². The number of rotatable bonds is 3. The van der Waals surface area contributed by atoms with Crippen molar-refractivity contribution in [2.24, 2.45) is 0 Å². The van der Waals surface area contributed by atoms with E-state index in [-0.39, 0.29) is 11.1 Å². The summed E-state index contributed by atoms with van der Waals surface area (Å²) in [5, 5.41) is 12.8. The molecule has 0 amide bonds. The van der Waals surface area contributed by atoms with Crippen molar-refractivity contribution in [1.29, 1.82) is 0 Å². The van der Waals surface area contributed by atoms with Crippen LogP contribution in [0.5, 0.6) is 0 Å². The van der Waals surface area contributed by atoms with Gasteiger partial charge in [-0.3, -0.25) is 0 Å². The summed E-state index contributed by atoms with van der Waals surface area (Å²) in [5.41, 5.74) is 1.20. The highest BCUT2D eigenvalue weighted by molar-refractivity contribution is 9.10. The lowest BCUT2D eigenvalue weighted by molar-refractivity contribution is 0.273. The van der Waals surface area contributed by atoms with E-state index >= 15 is 0 Å². The third-order valence-corrected chi connectivity index (χ3v) is 3.23. The summed E-state index contributed by atoms with van der Waals surface area (Å²) in [6.45, 7) is 0.167. The molecule has 0 aliphatic carbocycles. The quantitative estimate of drug-likeness (QED) is 0.616. The van der Waals surface area contributed by atoms with E-state index in [9.17, 15) is 0 Å². The van der Waals surface area contributed by atoms with Crippen LogP contribution in [-0.2, 0) is 0 Å². The Kier molecular flexibility index (Phi) is 3.80. The molecule has 2 N–H and O–H groups in total. The van der Waals surface area contributed by atoms with Crippen LogP contribution in [0.2, 0.25) is 0 Å². The van der Waals surface area contributed by atoms with Crippen molar-refractivity contribution in [2.75, 3.05) is 11.9 Å². The number of alkyl halides is 2. The lowest BCUT2D eigenvalue weighted by Crippen LogP contribution is -2.36. The van der Waals surface area contributed by atoms with Gasteiger partial charge in [-0.05, 0) is 11.6 Å². The largest absolute Gasteiger partial charge is 0.396 e. The minimum absolute atomic E-state index is 0.167. The Morgan fingerprint density at radius 2 is 2.33 bits per heavy atom. The van der Waals surface area contributed by atoms with E-state index in [0.717, 1.165) is 5.33 Å². The Morgan fingerprint density at radius 1 is 1.58 bits per heavy atom. The third kappa shape index (κ3) is 2.61. The summed E-state index contributed by atoms with van der Waals surface area (Å²) in [6.07, 6.45) is 6.66. The number of halogens is 2. The lowest BCUT2D eigenvalue weighted by Gasteiger charge is -2.27. The molecule has 1 atom stereocenters. The monoisotopic (exact) mass is 295 g/mol. The number of hydrogen-bond acceptors (Lipinski definition) is 2. The first-order valence-corrected chi connectivity index (χ1v) is 5.63. The van der Waals surface area contributed by atoms with Crippen molar-refractivity contribution in [3.05, 3.63) is 23.9 Å². The fraction of sp³-hybridized carbons (Fsp3) is 0.500. The SMILES string of the molecule is OCCC1(Br)C=CC(CBr)=CN1. The van der Waals surface area contributed by atoms with Gasteiger partial charge in [0.25, 0.3) is 0 Å². The van der Waals surface area contributed by atoms with Gasteiger partial charge in [-0.25, -0.2) is 0 Å². The van der Waals surface area contributed by atoms with Crippen molar-refractivity contribution < 1.29 is 5.11 Å². The Morgan fingerprint density at radius 3 is 2.75 bits per heavy atom. The molecule has 0 bridgehead atoms. The zero-order valence-electron chi connectivity index (χ0n) is 6.56. The summed E-state index contributed by atoms with van der Waals surface area (Å²) in [5.74, 6) is 0. The summed E-state index contributed by atoms with van der Waals surface area (Å²) in [6, 6.07) is 0. The van der Waals surface area contributed by atoms with Crippen LogP contribution in [0.3, 0.4) is 0 Å². The second-order valence-electron chi connectivity index (χ2n) is 2.67. The van der Waals surface area contributed by atoms with E-state index in [1.165, 1.54) is 5.57 Å². The van der Waals surface area contributed by atoms with Crippen molar-refractivity contribution in [3.63, 3.8) is 0 Å². The minimum Gasteiger partial charge on any atom is -0.396 e. The number of aliphatic hydroxyl groups excluding tert-OH is 1. The number of nitrogens with one attached hydrogen (secondary N) is 1. The molecule has 0 fully saturated rings. The Hall–Kier alpha value is 0.200. The molecule has 0 aromatic heterocycles. The molecule has 1 rings (SSSR count). The van der Waals surface area contributed by atoms with Gasteiger partial charge in [-0.1, -0.05) is 37.9 Å². The Balaban J connectivity index is 2.57. The van der Waals surface area contributed by atoms with Gasteiger partial charge in [-0.15, -0.1) is 0 Å². The molecule has 0 aromatic carbocycles. The van der Waals surface area contributed by atoms with E-state index in [4.69, 9.17) is 5.11 Å². The van der Waals surface area contributed by atoms with Crippen molar-refractivity contribution in [2.45, 2.75) is 10.9 Å². The highest BCUT2D eigenvalue weighted by Gasteiger charge is 2.22. The molecular weight excluding hydrogens is 286 g/mol. The van der Waals surface area contributed by atoms with Gasteiger partial charge >= 0.3 is 0 Å². The van der Waals surface area contributed by atoms with E-state index in [1.807, 2.05) is 18.4 Å². The van der Waals surface area contributed by atoms with Gasteiger partial charge < -0.3 is 10.4 Å². The van der Waals surface area contributed by atoms with Crippen LogP contribution in [0.15, 0.2) is 23.9 Å². The molecule has 4 heteroatoms. The third-order valence-electron chi connectivity index (χ3n) is 1.69. The van der Waals surface area contributed by atoms with Crippen LogP contribution in [0.4, 0.5) is 0 Å². The maximum atomic E-state index is 8.77. The molecule has 0 radical (unpaired) electrons. The average molecular weight is 297 g/mol. The molecule has 68 valence electrons. The fourth-order valence-corrected chi connectivity index (χ4v) is 1.72. The highest BCUT2D eigenvalue weighted by atomic mass is 79.9. The molecule has 1 heterocycles. The molecule has 1 unspecified atom stereocenters. The van der Waals surface area contributed by atoms with E-state index in [1.54, 1.807) is 0 Å². The molecule has 1 aliphatic rings. The summed E-state index contributed by atoms with van der Waals surface area (Å²) < 4.78 is -0.257. The Labute approximate surface area is 89.0 Å². The summed E-state index contributed by atoms with van der Waals surface area (Å²) in [4.78, 5) is 0. The predicted molar refractivity (Wildman–Crippen MR) is 57.5 cm³/mol.